The van der Waals surface area contributed by atoms with Gasteiger partial charge in [-0.25, -0.2) is 4.99 Å². The van der Waals surface area contributed by atoms with Crippen LogP contribution < -0.4 is 14.2 Å². The average molecular weight is 505 g/mol. The van der Waals surface area contributed by atoms with Gasteiger partial charge in [-0.2, -0.15) is 0 Å². The van der Waals surface area contributed by atoms with Crippen molar-refractivity contribution in [3.05, 3.63) is 51.9 Å². The Hall–Kier alpha value is -2.68. The number of rotatable bonds is 10. The number of nitrogens with zero attached hydrogens (tertiary/aromatic N) is 2. The third-order valence-corrected chi connectivity index (χ3v) is 6.44. The molecular weight excluding hydrogens is 476 g/mol. The molecule has 1 aliphatic rings. The Morgan fingerprint density at radius 2 is 1.88 bits per heavy atom. The van der Waals surface area contributed by atoms with Crippen LogP contribution in [0.1, 0.15) is 25.8 Å². The summed E-state index contributed by atoms with van der Waals surface area (Å²) >= 11 is 7.81. The summed E-state index contributed by atoms with van der Waals surface area (Å²) in [7, 11) is 4.77. The van der Waals surface area contributed by atoms with Crippen molar-refractivity contribution >= 4 is 46.2 Å². The van der Waals surface area contributed by atoms with Crippen molar-refractivity contribution in [3.63, 3.8) is 0 Å². The van der Waals surface area contributed by atoms with E-state index in [1.165, 1.54) is 11.8 Å². The average Bonchev–Trinajstić information content (AvgIpc) is 3.12. The fraction of sp³-hybridized carbons (Fsp3) is 0.360. The van der Waals surface area contributed by atoms with Crippen LogP contribution in [0.2, 0.25) is 5.02 Å². The highest BCUT2D eigenvalue weighted by Crippen LogP contribution is 2.40. The van der Waals surface area contributed by atoms with Crippen LogP contribution in [0.5, 0.6) is 17.2 Å². The Morgan fingerprint density at radius 3 is 2.50 bits per heavy atom. The number of carbonyl (C=O) groups excluding carboxylic acids is 1. The fourth-order valence-electron chi connectivity index (χ4n) is 3.11. The Kier molecular flexibility index (Phi) is 9.27. The minimum atomic E-state index is -0.149. The number of thioether (sulfide) groups is 1. The van der Waals surface area contributed by atoms with Gasteiger partial charge in [-0.3, -0.25) is 9.69 Å². The highest BCUT2D eigenvalue weighted by atomic mass is 35.5. The van der Waals surface area contributed by atoms with Gasteiger partial charge in [0.15, 0.2) is 16.7 Å². The van der Waals surface area contributed by atoms with E-state index in [9.17, 15) is 4.79 Å². The maximum absolute atomic E-state index is 13.2. The van der Waals surface area contributed by atoms with Crippen LogP contribution in [0.25, 0.3) is 6.08 Å². The molecule has 2 aromatic rings. The van der Waals surface area contributed by atoms with E-state index in [2.05, 4.69) is 4.99 Å². The first-order valence-corrected chi connectivity index (χ1v) is 12.1. The summed E-state index contributed by atoms with van der Waals surface area (Å²) < 4.78 is 21.8. The highest BCUT2D eigenvalue weighted by molar-refractivity contribution is 8.18. The standard InChI is InChI=1S/C25H29ClN2O5S/c1-6-16(2)33-23-20(26)13-17(14-21(23)32-5)15-22-24(29)28(11-12-30-3)25(34-22)27-18-7-9-19(31-4)10-8-18/h7-10,13-16H,6,11-12H2,1-5H3/b22-15-,27-25?/t16-/m1/s1. The lowest BCUT2D eigenvalue weighted by Gasteiger charge is -2.17. The smallest absolute Gasteiger partial charge is 0.266 e. The molecule has 0 N–H and O–H groups in total. The van der Waals surface area contributed by atoms with Crippen LogP contribution in [0.3, 0.4) is 0 Å². The summed E-state index contributed by atoms with van der Waals surface area (Å²) in [6.45, 7) is 4.79. The van der Waals surface area contributed by atoms with Crippen LogP contribution in [0.4, 0.5) is 5.69 Å². The quantitative estimate of drug-likeness (QED) is 0.382. The van der Waals surface area contributed by atoms with Crippen molar-refractivity contribution in [2.24, 2.45) is 4.99 Å². The zero-order valence-electron chi connectivity index (χ0n) is 20.0. The van der Waals surface area contributed by atoms with Gasteiger partial charge in [0.2, 0.25) is 0 Å². The monoisotopic (exact) mass is 504 g/mol. The van der Waals surface area contributed by atoms with E-state index in [-0.39, 0.29) is 12.0 Å². The van der Waals surface area contributed by atoms with Gasteiger partial charge < -0.3 is 18.9 Å². The Balaban J connectivity index is 1.94. The molecule has 7 nitrogen and oxygen atoms in total. The predicted molar refractivity (Wildman–Crippen MR) is 138 cm³/mol. The second-order valence-electron chi connectivity index (χ2n) is 7.52. The van der Waals surface area contributed by atoms with Crippen LogP contribution in [0, 0.1) is 0 Å². The molecule has 9 heteroatoms. The summed E-state index contributed by atoms with van der Waals surface area (Å²) in [6, 6.07) is 10.9. The topological polar surface area (TPSA) is 69.6 Å². The van der Waals surface area contributed by atoms with Crippen molar-refractivity contribution in [3.8, 4) is 17.2 Å². The van der Waals surface area contributed by atoms with Gasteiger partial charge in [-0.15, -0.1) is 0 Å². The number of methoxy groups -OCH3 is 3. The number of amidine groups is 1. The molecule has 0 bridgehead atoms. The molecule has 0 unspecified atom stereocenters. The van der Waals surface area contributed by atoms with Crippen LogP contribution in [0.15, 0.2) is 46.3 Å². The number of carbonyl (C=O) groups is 1. The normalized spacial score (nSPS) is 16.9. The van der Waals surface area contributed by atoms with Crippen LogP contribution in [-0.2, 0) is 9.53 Å². The first-order valence-electron chi connectivity index (χ1n) is 10.9. The fourth-order valence-corrected chi connectivity index (χ4v) is 4.40. The molecule has 2 aromatic carbocycles. The minimum Gasteiger partial charge on any atom is -0.497 e. The second kappa shape index (κ2) is 12.1. The Labute approximate surface area is 209 Å². The molecule has 0 aromatic heterocycles. The molecule has 1 aliphatic heterocycles. The molecule has 182 valence electrons. The van der Waals surface area contributed by atoms with Crippen molar-refractivity contribution in [1.29, 1.82) is 0 Å². The van der Waals surface area contributed by atoms with Gasteiger partial charge >= 0.3 is 0 Å². The van der Waals surface area contributed by atoms with E-state index < -0.39 is 0 Å². The lowest BCUT2D eigenvalue weighted by Crippen LogP contribution is -2.32. The summed E-state index contributed by atoms with van der Waals surface area (Å²) in [6.07, 6.45) is 2.61. The minimum absolute atomic E-state index is 0.00589. The third-order valence-electron chi connectivity index (χ3n) is 5.15. The first kappa shape index (κ1) is 25.9. The van der Waals surface area contributed by atoms with Crippen LogP contribution >= 0.6 is 23.4 Å². The zero-order chi connectivity index (χ0) is 24.7. The van der Waals surface area contributed by atoms with E-state index >= 15 is 0 Å². The Bertz CT molecular complexity index is 1070. The maximum atomic E-state index is 13.2. The molecule has 0 saturated carbocycles. The van der Waals surface area contributed by atoms with Gasteiger partial charge in [0, 0.05) is 7.11 Å². The molecule has 1 fully saturated rings. The maximum Gasteiger partial charge on any atom is 0.266 e. The first-order chi connectivity index (χ1) is 16.4. The van der Waals surface area contributed by atoms with Crippen molar-refractivity contribution in [2.75, 3.05) is 34.5 Å². The number of ether oxygens (including phenoxy) is 4. The van der Waals surface area contributed by atoms with E-state index in [0.717, 1.165) is 23.4 Å². The van der Waals surface area contributed by atoms with Gasteiger partial charge in [-0.1, -0.05) is 18.5 Å². The van der Waals surface area contributed by atoms with Gasteiger partial charge in [0.1, 0.15) is 5.75 Å². The zero-order valence-corrected chi connectivity index (χ0v) is 21.5. The number of aliphatic imine (C=N–C) groups is 1. The number of benzene rings is 2. The molecule has 1 amide bonds. The summed E-state index contributed by atoms with van der Waals surface area (Å²) in [5, 5.41) is 0.999. The van der Waals surface area contributed by atoms with Gasteiger partial charge in [0.25, 0.3) is 5.91 Å². The van der Waals surface area contributed by atoms with Crippen molar-refractivity contribution < 1.29 is 23.7 Å². The largest absolute Gasteiger partial charge is 0.497 e. The molecule has 34 heavy (non-hydrogen) atoms. The molecule has 1 heterocycles. The number of halogens is 1. The lowest BCUT2D eigenvalue weighted by molar-refractivity contribution is -0.122. The van der Waals surface area contributed by atoms with Crippen molar-refractivity contribution in [1.82, 2.24) is 4.90 Å². The number of amides is 1. The van der Waals surface area contributed by atoms with Gasteiger partial charge in [0.05, 0.1) is 49.1 Å². The molecule has 0 spiro atoms. The summed E-state index contributed by atoms with van der Waals surface area (Å²) in [5.74, 6) is 1.60. The molecule has 0 aliphatic carbocycles. The SMILES string of the molecule is CC[C@@H](C)Oc1c(Cl)cc(/C=C2\SC(=Nc3ccc(OC)cc3)N(CCOC)C2=O)cc1OC. The Morgan fingerprint density at radius 1 is 1.15 bits per heavy atom. The number of hydrogen-bond acceptors (Lipinski definition) is 7. The van der Waals surface area contributed by atoms with E-state index in [1.54, 1.807) is 38.4 Å². The van der Waals surface area contributed by atoms with Gasteiger partial charge in [-0.05, 0) is 73.1 Å². The molecule has 0 radical (unpaired) electrons. The van der Waals surface area contributed by atoms with E-state index in [4.69, 9.17) is 30.5 Å². The van der Waals surface area contributed by atoms with Crippen molar-refractivity contribution in [2.45, 2.75) is 26.4 Å². The molecular formula is C25H29ClN2O5S. The van der Waals surface area contributed by atoms with E-state index in [0.29, 0.717) is 39.7 Å². The van der Waals surface area contributed by atoms with Crippen LogP contribution in [-0.4, -0.2) is 56.6 Å². The second-order valence-corrected chi connectivity index (χ2v) is 8.94. The predicted octanol–water partition coefficient (Wildman–Crippen LogP) is 5.78. The number of hydrogen-bond donors (Lipinski definition) is 0. The molecule has 3 rings (SSSR count). The molecule has 1 atom stereocenters. The lowest BCUT2D eigenvalue weighted by atomic mass is 10.1. The highest BCUT2D eigenvalue weighted by Gasteiger charge is 2.33. The third kappa shape index (κ3) is 6.25. The molecule has 1 saturated heterocycles. The summed E-state index contributed by atoms with van der Waals surface area (Å²) in [5.41, 5.74) is 1.45. The van der Waals surface area contributed by atoms with E-state index in [1.807, 2.05) is 44.2 Å². The summed E-state index contributed by atoms with van der Waals surface area (Å²) in [4.78, 5) is 20.0.